The molecule has 0 aliphatic heterocycles. The normalized spacial score (nSPS) is 10.5. The van der Waals surface area contributed by atoms with Crippen LogP contribution in [0.5, 0.6) is 0 Å². The highest BCUT2D eigenvalue weighted by atomic mass is 16.2. The summed E-state index contributed by atoms with van der Waals surface area (Å²) in [5.74, 6) is 1.16. The minimum absolute atomic E-state index is 0.0648. The molecule has 0 radical (unpaired) electrons. The first-order valence-electron chi connectivity index (χ1n) is 7.94. The molecule has 0 saturated heterocycles. The second-order valence-electron chi connectivity index (χ2n) is 5.55. The zero-order chi connectivity index (χ0) is 17.0. The molecule has 0 aliphatic carbocycles. The summed E-state index contributed by atoms with van der Waals surface area (Å²) in [7, 11) is 0. The Kier molecular flexibility index (Phi) is 5.32. The number of benzene rings is 1. The minimum atomic E-state index is -0.0648. The largest absolute Gasteiger partial charge is 0.340 e. The number of aryl methyl sites for hydroxylation is 3. The third-order valence-corrected chi connectivity index (χ3v) is 3.84. The summed E-state index contributed by atoms with van der Waals surface area (Å²) in [4.78, 5) is 23.0. The van der Waals surface area contributed by atoms with Crippen molar-refractivity contribution in [3.05, 3.63) is 46.9 Å². The number of amides is 1. The number of hydrogen-bond acceptors (Lipinski definition) is 4. The molecule has 0 atom stereocenters. The second-order valence-corrected chi connectivity index (χ2v) is 5.55. The maximum atomic E-state index is 12.5. The van der Waals surface area contributed by atoms with Crippen LogP contribution < -0.4 is 5.32 Å². The predicted molar refractivity (Wildman–Crippen MR) is 93.2 cm³/mol. The summed E-state index contributed by atoms with van der Waals surface area (Å²) >= 11 is 0. The highest BCUT2D eigenvalue weighted by Crippen LogP contribution is 2.23. The van der Waals surface area contributed by atoms with Gasteiger partial charge in [0.1, 0.15) is 17.3 Å². The van der Waals surface area contributed by atoms with Crippen molar-refractivity contribution in [2.45, 2.75) is 34.6 Å². The summed E-state index contributed by atoms with van der Waals surface area (Å²) in [5, 5.41) is 3.33. The molecule has 0 aliphatic rings. The van der Waals surface area contributed by atoms with E-state index in [0.29, 0.717) is 30.4 Å². The maximum absolute atomic E-state index is 12.5. The Labute approximate surface area is 137 Å². The van der Waals surface area contributed by atoms with Crippen LogP contribution in [0.4, 0.5) is 11.5 Å². The Morgan fingerprint density at radius 3 is 2.26 bits per heavy atom. The van der Waals surface area contributed by atoms with Crippen molar-refractivity contribution in [2.75, 3.05) is 18.4 Å². The number of hydrogen-bond donors (Lipinski definition) is 1. The molecule has 1 aromatic carbocycles. The van der Waals surface area contributed by atoms with Crippen molar-refractivity contribution in [3.8, 4) is 0 Å². The van der Waals surface area contributed by atoms with Gasteiger partial charge in [0.2, 0.25) is 0 Å². The van der Waals surface area contributed by atoms with E-state index in [1.54, 1.807) is 17.9 Å². The van der Waals surface area contributed by atoms with E-state index in [9.17, 15) is 4.79 Å². The summed E-state index contributed by atoms with van der Waals surface area (Å²) < 4.78 is 0. The lowest BCUT2D eigenvalue weighted by Crippen LogP contribution is -2.31. The average molecular weight is 312 g/mol. The summed E-state index contributed by atoms with van der Waals surface area (Å²) in [5.41, 5.74) is 3.72. The van der Waals surface area contributed by atoms with E-state index >= 15 is 0 Å². The molecule has 1 aromatic heterocycles. The van der Waals surface area contributed by atoms with Gasteiger partial charge in [-0.2, -0.15) is 0 Å². The highest BCUT2D eigenvalue weighted by molar-refractivity contribution is 5.93. The van der Waals surface area contributed by atoms with Crippen molar-refractivity contribution in [1.82, 2.24) is 14.9 Å². The van der Waals surface area contributed by atoms with Crippen LogP contribution >= 0.6 is 0 Å². The number of para-hydroxylation sites is 1. The zero-order valence-corrected chi connectivity index (χ0v) is 14.5. The minimum Gasteiger partial charge on any atom is -0.340 e. The maximum Gasteiger partial charge on any atom is 0.272 e. The molecular weight excluding hydrogens is 288 g/mol. The number of aromatic nitrogens is 2. The molecular formula is C18H24N4O. The molecule has 0 saturated carbocycles. The standard InChI is InChI=1S/C18H24N4O/c1-6-22(7-2)18(23)15-11-16(20-14(5)19-15)21-17-12(3)9-8-10-13(17)4/h8-11H,6-7H2,1-5H3,(H,19,20,21). The van der Waals surface area contributed by atoms with Gasteiger partial charge in [-0.3, -0.25) is 4.79 Å². The van der Waals surface area contributed by atoms with Crippen molar-refractivity contribution in [1.29, 1.82) is 0 Å². The van der Waals surface area contributed by atoms with E-state index in [2.05, 4.69) is 15.3 Å². The Bertz CT molecular complexity index is 688. The molecule has 2 aromatic rings. The molecule has 23 heavy (non-hydrogen) atoms. The van der Waals surface area contributed by atoms with Gasteiger partial charge in [-0.05, 0) is 45.7 Å². The monoisotopic (exact) mass is 312 g/mol. The summed E-state index contributed by atoms with van der Waals surface area (Å²) in [6.45, 7) is 11.2. The van der Waals surface area contributed by atoms with Crippen LogP contribution in [-0.2, 0) is 0 Å². The number of carbonyl (C=O) groups excluding carboxylic acids is 1. The number of nitrogens with one attached hydrogen (secondary N) is 1. The second kappa shape index (κ2) is 7.22. The third-order valence-electron chi connectivity index (χ3n) is 3.84. The van der Waals surface area contributed by atoms with Crippen LogP contribution in [0.3, 0.4) is 0 Å². The first-order valence-corrected chi connectivity index (χ1v) is 7.94. The van der Waals surface area contributed by atoms with Crippen LogP contribution in [0.1, 0.15) is 41.3 Å². The fourth-order valence-electron chi connectivity index (χ4n) is 2.55. The number of carbonyl (C=O) groups is 1. The van der Waals surface area contributed by atoms with Crippen LogP contribution in [0.15, 0.2) is 24.3 Å². The van der Waals surface area contributed by atoms with Gasteiger partial charge in [0, 0.05) is 24.8 Å². The molecule has 1 heterocycles. The van der Waals surface area contributed by atoms with E-state index in [1.165, 1.54) is 0 Å². The van der Waals surface area contributed by atoms with Gasteiger partial charge in [0.05, 0.1) is 0 Å². The fraction of sp³-hybridized carbons (Fsp3) is 0.389. The van der Waals surface area contributed by atoms with Crippen molar-refractivity contribution in [3.63, 3.8) is 0 Å². The average Bonchev–Trinajstić information content (AvgIpc) is 2.51. The summed E-state index contributed by atoms with van der Waals surface area (Å²) in [6.07, 6.45) is 0. The molecule has 0 spiro atoms. The van der Waals surface area contributed by atoms with E-state index in [-0.39, 0.29) is 5.91 Å². The molecule has 2 rings (SSSR count). The molecule has 1 amide bonds. The molecule has 122 valence electrons. The molecule has 5 nitrogen and oxygen atoms in total. The lowest BCUT2D eigenvalue weighted by atomic mass is 10.1. The Morgan fingerprint density at radius 2 is 1.70 bits per heavy atom. The van der Waals surface area contributed by atoms with E-state index in [4.69, 9.17) is 0 Å². The fourth-order valence-corrected chi connectivity index (χ4v) is 2.55. The Morgan fingerprint density at radius 1 is 1.09 bits per heavy atom. The quantitative estimate of drug-likeness (QED) is 0.916. The third kappa shape index (κ3) is 3.86. The van der Waals surface area contributed by atoms with Gasteiger partial charge in [-0.1, -0.05) is 18.2 Å². The van der Waals surface area contributed by atoms with E-state index < -0.39 is 0 Å². The first-order chi connectivity index (χ1) is 11.0. The molecule has 0 bridgehead atoms. The van der Waals surface area contributed by atoms with Crippen molar-refractivity contribution in [2.24, 2.45) is 0 Å². The van der Waals surface area contributed by atoms with Crippen LogP contribution in [0, 0.1) is 20.8 Å². The lowest BCUT2D eigenvalue weighted by molar-refractivity contribution is 0.0766. The van der Waals surface area contributed by atoms with Gasteiger partial charge in [-0.15, -0.1) is 0 Å². The molecule has 0 unspecified atom stereocenters. The Hall–Kier alpha value is -2.43. The SMILES string of the molecule is CCN(CC)C(=O)c1cc(Nc2c(C)cccc2C)nc(C)n1. The summed E-state index contributed by atoms with van der Waals surface area (Å²) in [6, 6.07) is 7.84. The van der Waals surface area contributed by atoms with Crippen molar-refractivity contribution < 1.29 is 4.79 Å². The topological polar surface area (TPSA) is 58.1 Å². The van der Waals surface area contributed by atoms with Crippen molar-refractivity contribution >= 4 is 17.4 Å². The van der Waals surface area contributed by atoms with Crippen LogP contribution in [0.2, 0.25) is 0 Å². The first kappa shape index (κ1) is 16.9. The van der Waals surface area contributed by atoms with Gasteiger partial charge in [0.15, 0.2) is 0 Å². The van der Waals surface area contributed by atoms with Gasteiger partial charge in [0.25, 0.3) is 5.91 Å². The van der Waals surface area contributed by atoms with Crippen LogP contribution in [0.25, 0.3) is 0 Å². The Balaban J connectivity index is 2.36. The smallest absolute Gasteiger partial charge is 0.272 e. The number of anilines is 2. The number of nitrogens with zero attached hydrogens (tertiary/aromatic N) is 3. The lowest BCUT2D eigenvalue weighted by Gasteiger charge is -2.19. The van der Waals surface area contributed by atoms with Gasteiger partial charge in [-0.25, -0.2) is 9.97 Å². The van der Waals surface area contributed by atoms with E-state index in [1.807, 2.05) is 45.9 Å². The zero-order valence-electron chi connectivity index (χ0n) is 14.5. The molecule has 5 heteroatoms. The highest BCUT2D eigenvalue weighted by Gasteiger charge is 2.16. The molecule has 0 fully saturated rings. The van der Waals surface area contributed by atoms with Gasteiger partial charge >= 0.3 is 0 Å². The molecule has 1 N–H and O–H groups in total. The van der Waals surface area contributed by atoms with E-state index in [0.717, 1.165) is 16.8 Å². The number of rotatable bonds is 5. The van der Waals surface area contributed by atoms with Crippen LogP contribution in [-0.4, -0.2) is 33.9 Å². The van der Waals surface area contributed by atoms with Gasteiger partial charge < -0.3 is 10.2 Å². The predicted octanol–water partition coefficient (Wildman–Crippen LogP) is 3.63.